The van der Waals surface area contributed by atoms with Gasteiger partial charge in [-0.25, -0.2) is 0 Å². The topological polar surface area (TPSA) is 32.3 Å². The molecule has 3 heterocycles. The van der Waals surface area contributed by atoms with E-state index < -0.39 is 0 Å². The van der Waals surface area contributed by atoms with Gasteiger partial charge in [-0.3, -0.25) is 9.69 Å². The van der Waals surface area contributed by atoms with E-state index in [-0.39, 0.29) is 5.41 Å². The second-order valence-corrected chi connectivity index (χ2v) is 6.17. The highest BCUT2D eigenvalue weighted by Crippen LogP contribution is 2.38. The lowest BCUT2D eigenvalue weighted by Gasteiger charge is -2.37. The highest BCUT2D eigenvalue weighted by Gasteiger charge is 2.44. The first-order valence-corrected chi connectivity index (χ1v) is 7.20. The van der Waals surface area contributed by atoms with Gasteiger partial charge in [0, 0.05) is 18.0 Å². The number of nitrogens with one attached hydrogen (secondary N) is 1. The van der Waals surface area contributed by atoms with Crippen LogP contribution in [-0.4, -0.2) is 30.4 Å². The van der Waals surface area contributed by atoms with Crippen LogP contribution in [0.3, 0.4) is 0 Å². The van der Waals surface area contributed by atoms with Gasteiger partial charge in [0.2, 0.25) is 5.91 Å². The first-order chi connectivity index (χ1) is 8.28. The first kappa shape index (κ1) is 11.2. The summed E-state index contributed by atoms with van der Waals surface area (Å²) in [5, 5.41) is 5.12. The highest BCUT2D eigenvalue weighted by molar-refractivity contribution is 7.09. The molecule has 0 unspecified atom stereocenters. The molecule has 17 heavy (non-hydrogen) atoms. The Morgan fingerprint density at radius 2 is 2.18 bits per heavy atom. The van der Waals surface area contributed by atoms with Crippen LogP contribution in [0.25, 0.3) is 0 Å². The van der Waals surface area contributed by atoms with Gasteiger partial charge in [0.15, 0.2) is 0 Å². The van der Waals surface area contributed by atoms with Gasteiger partial charge in [-0.15, -0.1) is 11.3 Å². The molecule has 0 aromatic carbocycles. The van der Waals surface area contributed by atoms with E-state index in [2.05, 4.69) is 27.7 Å². The fourth-order valence-electron chi connectivity index (χ4n) is 2.96. The molecule has 3 rings (SSSR count). The number of piperidine rings is 1. The number of hydrogen-bond donors (Lipinski definition) is 1. The van der Waals surface area contributed by atoms with Gasteiger partial charge in [0.25, 0.3) is 0 Å². The zero-order valence-corrected chi connectivity index (χ0v) is 10.8. The molecule has 1 aromatic heterocycles. The summed E-state index contributed by atoms with van der Waals surface area (Å²) in [6.07, 6.45) is 3.10. The quantitative estimate of drug-likeness (QED) is 0.869. The minimum absolute atomic E-state index is 0.0219. The van der Waals surface area contributed by atoms with Crippen LogP contribution in [0, 0.1) is 5.41 Å². The van der Waals surface area contributed by atoms with Gasteiger partial charge in [-0.05, 0) is 43.8 Å². The zero-order valence-electron chi connectivity index (χ0n) is 9.95. The molecule has 2 saturated heterocycles. The van der Waals surface area contributed by atoms with Crippen LogP contribution in [0.5, 0.6) is 0 Å². The average molecular weight is 250 g/mol. The van der Waals surface area contributed by atoms with Crippen LogP contribution in [0.15, 0.2) is 17.5 Å². The standard InChI is InChI=1S/C13H18N2OS/c16-12-13(3-6-14-12)4-7-15(8-5-13)10-11-2-1-9-17-11/h1-2,9H,3-8,10H2,(H,14,16). The first-order valence-electron chi connectivity index (χ1n) is 6.32. The Kier molecular flexibility index (Phi) is 2.92. The zero-order chi connectivity index (χ0) is 11.7. The van der Waals surface area contributed by atoms with Gasteiger partial charge < -0.3 is 5.32 Å². The van der Waals surface area contributed by atoms with Crippen molar-refractivity contribution in [3.8, 4) is 0 Å². The summed E-state index contributed by atoms with van der Waals surface area (Å²) in [6.45, 7) is 4.05. The maximum Gasteiger partial charge on any atom is 0.226 e. The Morgan fingerprint density at radius 3 is 2.76 bits per heavy atom. The van der Waals surface area contributed by atoms with Gasteiger partial charge in [0.1, 0.15) is 0 Å². The van der Waals surface area contributed by atoms with Gasteiger partial charge in [0.05, 0.1) is 5.41 Å². The van der Waals surface area contributed by atoms with Gasteiger partial charge >= 0.3 is 0 Å². The Morgan fingerprint density at radius 1 is 1.35 bits per heavy atom. The molecule has 2 aliphatic heterocycles. The Bertz CT molecular complexity index is 394. The largest absolute Gasteiger partial charge is 0.356 e. The Balaban J connectivity index is 1.59. The summed E-state index contributed by atoms with van der Waals surface area (Å²) in [7, 11) is 0. The van der Waals surface area contributed by atoms with Crippen molar-refractivity contribution >= 4 is 17.2 Å². The predicted molar refractivity (Wildman–Crippen MR) is 68.9 cm³/mol. The molecule has 92 valence electrons. The van der Waals surface area contributed by atoms with E-state index in [1.54, 1.807) is 0 Å². The number of hydrogen-bond acceptors (Lipinski definition) is 3. The van der Waals surface area contributed by atoms with E-state index in [0.717, 1.165) is 45.4 Å². The fraction of sp³-hybridized carbons (Fsp3) is 0.615. The maximum absolute atomic E-state index is 11.8. The second-order valence-electron chi connectivity index (χ2n) is 5.14. The predicted octanol–water partition coefficient (Wildman–Crippen LogP) is 1.85. The number of amides is 1. The number of nitrogens with zero attached hydrogens (tertiary/aromatic N) is 1. The minimum Gasteiger partial charge on any atom is -0.356 e. The number of thiophene rings is 1. The van der Waals surface area contributed by atoms with Crippen LogP contribution in [0.2, 0.25) is 0 Å². The summed E-state index contributed by atoms with van der Waals surface area (Å²) in [4.78, 5) is 15.7. The summed E-state index contributed by atoms with van der Waals surface area (Å²) in [6, 6.07) is 4.30. The van der Waals surface area contributed by atoms with Crippen LogP contribution in [0.4, 0.5) is 0 Å². The van der Waals surface area contributed by atoms with Crippen molar-refractivity contribution in [3.63, 3.8) is 0 Å². The molecule has 0 bridgehead atoms. The van der Waals surface area contributed by atoms with Crippen molar-refractivity contribution in [1.29, 1.82) is 0 Å². The molecular formula is C13H18N2OS. The van der Waals surface area contributed by atoms with Gasteiger partial charge in [-0.1, -0.05) is 6.07 Å². The lowest BCUT2D eigenvalue weighted by Crippen LogP contribution is -2.43. The second kappa shape index (κ2) is 4.42. The van der Waals surface area contributed by atoms with Crippen LogP contribution >= 0.6 is 11.3 Å². The SMILES string of the molecule is O=C1NCCC12CCN(Cc1cccs1)CC2. The van der Waals surface area contributed by atoms with Crippen molar-refractivity contribution < 1.29 is 4.79 Å². The fourth-order valence-corrected chi connectivity index (χ4v) is 3.70. The normalized spacial score (nSPS) is 24.1. The average Bonchev–Trinajstić information content (AvgIpc) is 2.94. The summed E-state index contributed by atoms with van der Waals surface area (Å²) in [5.74, 6) is 0.299. The maximum atomic E-state index is 11.8. The van der Waals surface area contributed by atoms with Crippen molar-refractivity contribution in [2.24, 2.45) is 5.41 Å². The minimum atomic E-state index is -0.0219. The molecule has 4 heteroatoms. The summed E-state index contributed by atoms with van der Waals surface area (Å²) in [5.41, 5.74) is -0.0219. The third-order valence-corrected chi connectivity index (χ3v) is 5.00. The molecule has 1 spiro atoms. The monoisotopic (exact) mass is 250 g/mol. The lowest BCUT2D eigenvalue weighted by molar-refractivity contribution is -0.130. The number of carbonyl (C=O) groups excluding carboxylic acids is 1. The Hall–Kier alpha value is -0.870. The molecule has 1 N–H and O–H groups in total. The van der Waals surface area contributed by atoms with E-state index in [9.17, 15) is 4.79 Å². The van der Waals surface area contributed by atoms with E-state index in [4.69, 9.17) is 0 Å². The highest BCUT2D eigenvalue weighted by atomic mass is 32.1. The van der Waals surface area contributed by atoms with E-state index in [1.165, 1.54) is 4.88 Å². The molecule has 2 fully saturated rings. The molecule has 2 aliphatic rings. The van der Waals surface area contributed by atoms with Crippen molar-refractivity contribution in [2.45, 2.75) is 25.8 Å². The summed E-state index contributed by atoms with van der Waals surface area (Å²) < 4.78 is 0. The smallest absolute Gasteiger partial charge is 0.226 e. The molecule has 0 radical (unpaired) electrons. The molecule has 0 saturated carbocycles. The van der Waals surface area contributed by atoms with Crippen LogP contribution < -0.4 is 5.32 Å². The van der Waals surface area contributed by atoms with E-state index in [1.807, 2.05) is 11.3 Å². The molecule has 0 aliphatic carbocycles. The number of carbonyl (C=O) groups is 1. The molecule has 0 atom stereocenters. The summed E-state index contributed by atoms with van der Waals surface area (Å²) >= 11 is 1.82. The third kappa shape index (κ3) is 2.11. The molecule has 3 nitrogen and oxygen atoms in total. The number of rotatable bonds is 2. The lowest BCUT2D eigenvalue weighted by atomic mass is 9.77. The van der Waals surface area contributed by atoms with E-state index >= 15 is 0 Å². The van der Waals surface area contributed by atoms with Crippen molar-refractivity contribution in [3.05, 3.63) is 22.4 Å². The van der Waals surface area contributed by atoms with Crippen molar-refractivity contribution in [2.75, 3.05) is 19.6 Å². The van der Waals surface area contributed by atoms with Crippen molar-refractivity contribution in [1.82, 2.24) is 10.2 Å². The van der Waals surface area contributed by atoms with E-state index in [0.29, 0.717) is 5.91 Å². The number of likely N-dealkylation sites (tertiary alicyclic amines) is 1. The Labute approximate surface area is 106 Å². The van der Waals surface area contributed by atoms with Crippen LogP contribution in [0.1, 0.15) is 24.1 Å². The molecule has 1 amide bonds. The molecular weight excluding hydrogens is 232 g/mol. The van der Waals surface area contributed by atoms with Crippen LogP contribution in [-0.2, 0) is 11.3 Å². The van der Waals surface area contributed by atoms with Gasteiger partial charge in [-0.2, -0.15) is 0 Å². The molecule has 1 aromatic rings. The third-order valence-electron chi connectivity index (χ3n) is 4.14.